The van der Waals surface area contributed by atoms with Crippen LogP contribution >= 0.6 is 0 Å². The average molecular weight is 309 g/mol. The number of hydrogen-bond donors (Lipinski definition) is 1. The van der Waals surface area contributed by atoms with Crippen molar-refractivity contribution in [3.05, 3.63) is 53.6 Å². The number of fused-ring (bicyclic) bond motifs is 1. The molecule has 1 amide bonds. The first-order chi connectivity index (χ1) is 11.2. The Kier molecular flexibility index (Phi) is 4.05. The first kappa shape index (κ1) is 14.8. The van der Waals surface area contributed by atoms with Crippen LogP contribution < -0.4 is 14.8 Å². The number of anilines is 1. The Morgan fingerprint density at radius 3 is 2.70 bits per heavy atom. The van der Waals surface area contributed by atoms with Crippen molar-refractivity contribution in [3.63, 3.8) is 0 Å². The lowest BCUT2D eigenvalue weighted by Gasteiger charge is -2.06. The van der Waals surface area contributed by atoms with E-state index in [1.807, 2.05) is 24.3 Å². The maximum atomic E-state index is 11.9. The molecule has 2 aromatic rings. The van der Waals surface area contributed by atoms with E-state index >= 15 is 0 Å². The lowest BCUT2D eigenvalue weighted by Crippen LogP contribution is -2.13. The van der Waals surface area contributed by atoms with Gasteiger partial charge in [0.25, 0.3) is 5.91 Å². The Labute approximate surface area is 133 Å². The molecule has 1 N–H and O–H groups in total. The van der Waals surface area contributed by atoms with Crippen molar-refractivity contribution in [2.24, 2.45) is 10.2 Å². The molecule has 0 atom stereocenters. The van der Waals surface area contributed by atoms with E-state index in [1.165, 1.54) is 6.21 Å². The number of carbonyl (C=O) groups is 1. The van der Waals surface area contributed by atoms with Gasteiger partial charge in [0.1, 0.15) is 11.5 Å². The minimum absolute atomic E-state index is 0.263. The molecule has 0 aromatic heterocycles. The Hall–Kier alpha value is -3.15. The standard InChI is InChI=1S/C17H15N3O3/c1-22-12-7-8-15(23-2)11(9-12)10-18-20-16-13-5-3-4-6-14(13)19-17(16)21/h3-10H,1-2H3,(H,19,20,21). The fraction of sp³-hybridized carbons (Fsp3) is 0.118. The molecular weight excluding hydrogens is 294 g/mol. The lowest BCUT2D eigenvalue weighted by atomic mass is 10.1. The van der Waals surface area contributed by atoms with Crippen molar-refractivity contribution in [1.82, 2.24) is 0 Å². The highest BCUT2D eigenvalue weighted by Gasteiger charge is 2.25. The number of hydrogen-bond acceptors (Lipinski definition) is 5. The van der Waals surface area contributed by atoms with Crippen LogP contribution in [0.1, 0.15) is 11.1 Å². The smallest absolute Gasteiger partial charge is 0.276 e. The molecule has 6 heteroatoms. The summed E-state index contributed by atoms with van der Waals surface area (Å²) in [5, 5.41) is 10.8. The van der Waals surface area contributed by atoms with Gasteiger partial charge in [0.2, 0.25) is 0 Å². The molecule has 1 aliphatic rings. The van der Waals surface area contributed by atoms with Gasteiger partial charge in [-0.15, -0.1) is 5.10 Å². The summed E-state index contributed by atoms with van der Waals surface area (Å²) in [5.74, 6) is 1.07. The SMILES string of the molecule is COc1ccc(OC)c(C=NN=C2C(=O)Nc3ccccc32)c1. The number of benzene rings is 2. The predicted octanol–water partition coefficient (Wildman–Crippen LogP) is 2.48. The molecule has 0 unspecified atom stereocenters. The maximum absolute atomic E-state index is 11.9. The fourth-order valence-electron chi connectivity index (χ4n) is 2.29. The third-order valence-electron chi connectivity index (χ3n) is 3.44. The molecule has 6 nitrogen and oxygen atoms in total. The Bertz CT molecular complexity index is 812. The molecule has 0 saturated carbocycles. The number of methoxy groups -OCH3 is 2. The first-order valence-electron chi connectivity index (χ1n) is 6.96. The average Bonchev–Trinajstić information content (AvgIpc) is 2.90. The van der Waals surface area contributed by atoms with E-state index in [-0.39, 0.29) is 5.91 Å². The topological polar surface area (TPSA) is 72.3 Å². The molecule has 0 radical (unpaired) electrons. The second-order valence-electron chi connectivity index (χ2n) is 4.80. The second-order valence-corrected chi connectivity index (χ2v) is 4.80. The molecule has 0 aliphatic carbocycles. The van der Waals surface area contributed by atoms with E-state index in [4.69, 9.17) is 9.47 Å². The van der Waals surface area contributed by atoms with E-state index in [2.05, 4.69) is 15.5 Å². The number of ether oxygens (including phenoxy) is 2. The van der Waals surface area contributed by atoms with Crippen LogP contribution in [-0.2, 0) is 4.79 Å². The van der Waals surface area contributed by atoms with Crippen molar-refractivity contribution in [2.45, 2.75) is 0 Å². The van der Waals surface area contributed by atoms with Gasteiger partial charge >= 0.3 is 0 Å². The zero-order chi connectivity index (χ0) is 16.2. The minimum Gasteiger partial charge on any atom is -0.497 e. The number of carbonyl (C=O) groups excluding carboxylic acids is 1. The van der Waals surface area contributed by atoms with E-state index < -0.39 is 0 Å². The van der Waals surface area contributed by atoms with Crippen LogP contribution in [0.5, 0.6) is 11.5 Å². The summed E-state index contributed by atoms with van der Waals surface area (Å²) in [5.41, 5.74) is 2.49. The number of nitrogens with zero attached hydrogens (tertiary/aromatic N) is 2. The molecule has 1 aliphatic heterocycles. The van der Waals surface area contributed by atoms with Gasteiger partial charge in [0, 0.05) is 11.1 Å². The zero-order valence-corrected chi connectivity index (χ0v) is 12.7. The molecule has 1 heterocycles. The monoisotopic (exact) mass is 309 g/mol. The maximum Gasteiger partial charge on any atom is 0.276 e. The summed E-state index contributed by atoms with van der Waals surface area (Å²) in [6, 6.07) is 12.7. The number of nitrogens with one attached hydrogen (secondary N) is 1. The summed E-state index contributed by atoms with van der Waals surface area (Å²) in [4.78, 5) is 11.9. The van der Waals surface area contributed by atoms with Gasteiger partial charge < -0.3 is 14.8 Å². The van der Waals surface area contributed by atoms with Crippen LogP contribution in [0.4, 0.5) is 5.69 Å². The Morgan fingerprint density at radius 2 is 1.91 bits per heavy atom. The van der Waals surface area contributed by atoms with Crippen LogP contribution in [0.25, 0.3) is 0 Å². The quantitative estimate of drug-likeness (QED) is 0.696. The third kappa shape index (κ3) is 2.91. The second kappa shape index (κ2) is 6.31. The van der Waals surface area contributed by atoms with Crippen LogP contribution in [0.2, 0.25) is 0 Å². The van der Waals surface area contributed by atoms with Gasteiger partial charge in [-0.05, 0) is 24.3 Å². The predicted molar refractivity (Wildman–Crippen MR) is 88.7 cm³/mol. The number of amides is 1. The largest absolute Gasteiger partial charge is 0.497 e. The molecule has 0 fully saturated rings. The molecule has 0 spiro atoms. The molecular formula is C17H15N3O3. The van der Waals surface area contributed by atoms with Gasteiger partial charge in [-0.25, -0.2) is 0 Å². The summed E-state index contributed by atoms with van der Waals surface area (Å²) >= 11 is 0. The van der Waals surface area contributed by atoms with Gasteiger partial charge in [-0.1, -0.05) is 18.2 Å². The van der Waals surface area contributed by atoms with Gasteiger partial charge in [0.15, 0.2) is 5.71 Å². The number of para-hydroxylation sites is 1. The van der Waals surface area contributed by atoms with Crippen molar-refractivity contribution in [3.8, 4) is 11.5 Å². The van der Waals surface area contributed by atoms with Crippen LogP contribution in [-0.4, -0.2) is 32.1 Å². The summed E-state index contributed by atoms with van der Waals surface area (Å²) in [6.45, 7) is 0. The van der Waals surface area contributed by atoms with Crippen molar-refractivity contribution < 1.29 is 14.3 Å². The van der Waals surface area contributed by atoms with Gasteiger partial charge in [-0.3, -0.25) is 4.79 Å². The van der Waals surface area contributed by atoms with Crippen molar-refractivity contribution >= 4 is 23.5 Å². The molecule has 0 saturated heterocycles. The Balaban J connectivity index is 1.91. The van der Waals surface area contributed by atoms with Gasteiger partial charge in [-0.2, -0.15) is 5.10 Å². The lowest BCUT2D eigenvalue weighted by molar-refractivity contribution is -0.110. The molecule has 116 valence electrons. The highest BCUT2D eigenvalue weighted by molar-refractivity contribution is 6.53. The van der Waals surface area contributed by atoms with Crippen molar-refractivity contribution in [1.29, 1.82) is 0 Å². The zero-order valence-electron chi connectivity index (χ0n) is 12.7. The minimum atomic E-state index is -0.263. The van der Waals surface area contributed by atoms with E-state index in [0.29, 0.717) is 22.8 Å². The van der Waals surface area contributed by atoms with E-state index in [9.17, 15) is 4.79 Å². The summed E-state index contributed by atoms with van der Waals surface area (Å²) in [7, 11) is 3.16. The summed E-state index contributed by atoms with van der Waals surface area (Å²) < 4.78 is 10.5. The highest BCUT2D eigenvalue weighted by atomic mass is 16.5. The van der Waals surface area contributed by atoms with Crippen LogP contribution in [0, 0.1) is 0 Å². The van der Waals surface area contributed by atoms with Crippen molar-refractivity contribution in [2.75, 3.05) is 19.5 Å². The van der Waals surface area contributed by atoms with Crippen LogP contribution in [0.15, 0.2) is 52.7 Å². The Morgan fingerprint density at radius 1 is 1.09 bits per heavy atom. The van der Waals surface area contributed by atoms with E-state index in [1.54, 1.807) is 32.4 Å². The third-order valence-corrected chi connectivity index (χ3v) is 3.44. The molecule has 0 bridgehead atoms. The molecule has 23 heavy (non-hydrogen) atoms. The number of rotatable bonds is 4. The first-order valence-corrected chi connectivity index (χ1v) is 6.96. The van der Waals surface area contributed by atoms with E-state index in [0.717, 1.165) is 11.3 Å². The molecule has 3 rings (SSSR count). The molecule has 2 aromatic carbocycles. The summed E-state index contributed by atoms with van der Waals surface area (Å²) in [6.07, 6.45) is 1.53. The highest BCUT2D eigenvalue weighted by Crippen LogP contribution is 2.24. The fourth-order valence-corrected chi connectivity index (χ4v) is 2.29. The normalized spacial score (nSPS) is 14.9. The van der Waals surface area contributed by atoms with Crippen LogP contribution in [0.3, 0.4) is 0 Å². The van der Waals surface area contributed by atoms with Gasteiger partial charge in [0.05, 0.1) is 26.1 Å².